The van der Waals surface area contributed by atoms with E-state index in [0.29, 0.717) is 28.3 Å². The van der Waals surface area contributed by atoms with Gasteiger partial charge in [0.25, 0.3) is 0 Å². The average molecular weight is 410 g/mol. The standard InChI is InChI=1S/C22H17ClFN3O2/c1-13-5-6-15(22(28)29)10-18(13)21(26-14(2)16-4-3-9-25-12-16)27-17-7-8-20(24)19(23)11-17/h3-12H,2H2,1H3,(H,26,27)(H,28,29). The van der Waals surface area contributed by atoms with E-state index in [2.05, 4.69) is 21.9 Å². The monoisotopic (exact) mass is 409 g/mol. The lowest BCUT2D eigenvalue weighted by Gasteiger charge is -2.15. The first-order valence-corrected chi connectivity index (χ1v) is 8.97. The van der Waals surface area contributed by atoms with Crippen molar-refractivity contribution in [1.82, 2.24) is 4.98 Å². The third-order valence-electron chi connectivity index (χ3n) is 4.16. The first-order valence-electron chi connectivity index (χ1n) is 8.59. The van der Waals surface area contributed by atoms with Crippen LogP contribution in [0.15, 0.2) is 72.5 Å². The second kappa shape index (κ2) is 8.67. The Hall–Kier alpha value is -3.51. The molecule has 0 atom stereocenters. The van der Waals surface area contributed by atoms with Crippen LogP contribution in [0.25, 0.3) is 5.70 Å². The highest BCUT2D eigenvalue weighted by atomic mass is 35.5. The van der Waals surface area contributed by atoms with Crippen LogP contribution in [-0.4, -0.2) is 21.9 Å². The van der Waals surface area contributed by atoms with E-state index in [4.69, 9.17) is 11.6 Å². The number of carbonyl (C=O) groups is 1. The van der Waals surface area contributed by atoms with Crippen LogP contribution in [0, 0.1) is 12.7 Å². The van der Waals surface area contributed by atoms with E-state index in [1.165, 1.54) is 30.3 Å². The van der Waals surface area contributed by atoms with Crippen molar-refractivity contribution in [1.29, 1.82) is 0 Å². The first-order chi connectivity index (χ1) is 13.8. The molecule has 2 aromatic carbocycles. The third kappa shape index (κ3) is 4.86. The van der Waals surface area contributed by atoms with Crippen molar-refractivity contribution in [3.05, 3.63) is 101 Å². The molecule has 0 fully saturated rings. The van der Waals surface area contributed by atoms with Crippen molar-refractivity contribution in [2.75, 3.05) is 5.32 Å². The van der Waals surface area contributed by atoms with Gasteiger partial charge in [-0.25, -0.2) is 14.2 Å². The minimum atomic E-state index is -1.05. The van der Waals surface area contributed by atoms with E-state index < -0.39 is 11.8 Å². The van der Waals surface area contributed by atoms with Crippen LogP contribution in [0.1, 0.15) is 27.0 Å². The van der Waals surface area contributed by atoms with Gasteiger partial charge in [-0.3, -0.25) is 4.98 Å². The number of aromatic carboxylic acids is 1. The number of nitrogens with zero attached hydrogens (tertiary/aromatic N) is 2. The van der Waals surface area contributed by atoms with E-state index in [0.717, 1.165) is 5.56 Å². The fraction of sp³-hybridized carbons (Fsp3) is 0.0455. The Balaban J connectivity index is 2.09. The average Bonchev–Trinajstić information content (AvgIpc) is 2.71. The zero-order chi connectivity index (χ0) is 21.0. The molecule has 0 bridgehead atoms. The summed E-state index contributed by atoms with van der Waals surface area (Å²) in [4.78, 5) is 20.1. The minimum absolute atomic E-state index is 0.0450. The number of rotatable bonds is 5. The van der Waals surface area contributed by atoms with Gasteiger partial charge in [0.2, 0.25) is 0 Å². The fourth-order valence-electron chi connectivity index (χ4n) is 2.61. The molecule has 146 valence electrons. The molecular weight excluding hydrogens is 393 g/mol. The van der Waals surface area contributed by atoms with Gasteiger partial charge >= 0.3 is 5.97 Å². The number of aryl methyl sites for hydroxylation is 1. The quantitative estimate of drug-likeness (QED) is 0.436. The predicted octanol–water partition coefficient (Wildman–Crippen LogP) is 5.41. The van der Waals surface area contributed by atoms with Crippen LogP contribution in [0.4, 0.5) is 10.1 Å². The number of carboxylic acids is 1. The van der Waals surface area contributed by atoms with Crippen LogP contribution in [0.2, 0.25) is 5.02 Å². The van der Waals surface area contributed by atoms with Gasteiger partial charge in [-0.1, -0.05) is 24.2 Å². The minimum Gasteiger partial charge on any atom is -0.478 e. The lowest BCUT2D eigenvalue weighted by molar-refractivity contribution is 0.0697. The number of nitrogens with one attached hydrogen (secondary N) is 1. The maximum absolute atomic E-state index is 13.5. The zero-order valence-corrected chi connectivity index (χ0v) is 16.2. The number of anilines is 1. The van der Waals surface area contributed by atoms with Crippen LogP contribution in [0.3, 0.4) is 0 Å². The van der Waals surface area contributed by atoms with Crippen LogP contribution >= 0.6 is 11.6 Å². The fourth-order valence-corrected chi connectivity index (χ4v) is 2.79. The summed E-state index contributed by atoms with van der Waals surface area (Å²) in [6, 6.07) is 12.5. The van der Waals surface area contributed by atoms with Crippen molar-refractivity contribution < 1.29 is 14.3 Å². The second-order valence-corrected chi connectivity index (χ2v) is 6.64. The van der Waals surface area contributed by atoms with Gasteiger partial charge in [0.05, 0.1) is 16.3 Å². The first kappa shape index (κ1) is 20.2. The molecule has 3 rings (SSSR count). The van der Waals surface area contributed by atoms with E-state index in [9.17, 15) is 14.3 Å². The highest BCUT2D eigenvalue weighted by molar-refractivity contribution is 6.31. The number of carboxylic acid groups (broad SMARTS) is 1. The van der Waals surface area contributed by atoms with Crippen LogP contribution < -0.4 is 5.32 Å². The van der Waals surface area contributed by atoms with Gasteiger partial charge in [-0.15, -0.1) is 0 Å². The Labute approximate surface area is 172 Å². The van der Waals surface area contributed by atoms with Crippen LogP contribution in [-0.2, 0) is 0 Å². The number of hydrogen-bond donors (Lipinski definition) is 2. The Morgan fingerprint density at radius 3 is 2.66 bits per heavy atom. The number of benzene rings is 2. The normalized spacial score (nSPS) is 11.2. The summed E-state index contributed by atoms with van der Waals surface area (Å²) in [5.74, 6) is -1.25. The van der Waals surface area contributed by atoms with Gasteiger partial charge in [0, 0.05) is 29.2 Å². The van der Waals surface area contributed by atoms with E-state index >= 15 is 0 Å². The Bertz CT molecular complexity index is 1110. The van der Waals surface area contributed by atoms with E-state index in [1.54, 1.807) is 24.5 Å². The predicted molar refractivity (Wildman–Crippen MR) is 113 cm³/mol. The molecule has 1 heterocycles. The molecule has 0 amide bonds. The molecule has 0 aliphatic carbocycles. The molecule has 0 aliphatic rings. The van der Waals surface area contributed by atoms with E-state index in [-0.39, 0.29) is 10.6 Å². The summed E-state index contributed by atoms with van der Waals surface area (Å²) in [7, 11) is 0. The van der Waals surface area contributed by atoms with Crippen molar-refractivity contribution in [2.45, 2.75) is 6.92 Å². The van der Waals surface area contributed by atoms with Crippen molar-refractivity contribution in [3.63, 3.8) is 0 Å². The van der Waals surface area contributed by atoms with Gasteiger partial charge in [-0.05, 0) is 55.0 Å². The van der Waals surface area contributed by atoms with Crippen molar-refractivity contribution >= 4 is 34.8 Å². The van der Waals surface area contributed by atoms with Gasteiger partial charge < -0.3 is 10.4 Å². The molecule has 0 radical (unpaired) electrons. The van der Waals surface area contributed by atoms with Crippen molar-refractivity contribution in [3.8, 4) is 0 Å². The molecule has 29 heavy (non-hydrogen) atoms. The number of hydrogen-bond acceptors (Lipinski definition) is 3. The highest BCUT2D eigenvalue weighted by Crippen LogP contribution is 2.23. The number of amidine groups is 1. The topological polar surface area (TPSA) is 74.6 Å². The van der Waals surface area contributed by atoms with Gasteiger partial charge in [0.15, 0.2) is 0 Å². The molecule has 0 spiro atoms. The second-order valence-electron chi connectivity index (χ2n) is 6.24. The third-order valence-corrected chi connectivity index (χ3v) is 4.45. The van der Waals surface area contributed by atoms with E-state index in [1.807, 2.05) is 13.0 Å². The molecule has 0 saturated carbocycles. The summed E-state index contributed by atoms with van der Waals surface area (Å²) in [5, 5.41) is 12.4. The number of aliphatic imine (C=N–C) groups is 1. The summed E-state index contributed by atoms with van der Waals surface area (Å²) in [6.07, 6.45) is 3.26. The molecule has 5 nitrogen and oxygen atoms in total. The van der Waals surface area contributed by atoms with Gasteiger partial charge in [-0.2, -0.15) is 0 Å². The number of halogens is 2. The molecule has 0 aliphatic heterocycles. The Morgan fingerprint density at radius 2 is 2.00 bits per heavy atom. The molecule has 1 aromatic heterocycles. The maximum atomic E-state index is 13.5. The number of aromatic nitrogens is 1. The largest absolute Gasteiger partial charge is 0.478 e. The lowest BCUT2D eigenvalue weighted by atomic mass is 10.0. The zero-order valence-electron chi connectivity index (χ0n) is 15.5. The summed E-state index contributed by atoms with van der Waals surface area (Å²) >= 11 is 5.88. The smallest absolute Gasteiger partial charge is 0.335 e. The molecule has 3 aromatic rings. The molecule has 2 N–H and O–H groups in total. The van der Waals surface area contributed by atoms with Gasteiger partial charge in [0.1, 0.15) is 11.7 Å². The summed E-state index contributed by atoms with van der Waals surface area (Å²) < 4.78 is 13.5. The maximum Gasteiger partial charge on any atom is 0.335 e. The Kier molecular flexibility index (Phi) is 6.04. The van der Waals surface area contributed by atoms with Crippen molar-refractivity contribution in [2.24, 2.45) is 4.99 Å². The lowest BCUT2D eigenvalue weighted by Crippen LogP contribution is -2.16. The highest BCUT2D eigenvalue weighted by Gasteiger charge is 2.14. The summed E-state index contributed by atoms with van der Waals surface area (Å²) in [5.41, 5.74) is 3.10. The molecule has 0 unspecified atom stereocenters. The molecule has 7 heteroatoms. The Morgan fingerprint density at radius 1 is 1.21 bits per heavy atom. The van der Waals surface area contributed by atoms with Crippen LogP contribution in [0.5, 0.6) is 0 Å². The number of pyridine rings is 1. The molecular formula is C22H17ClFN3O2. The SMILES string of the molecule is C=C(N=C(Nc1ccc(F)c(Cl)c1)c1cc(C(=O)O)ccc1C)c1cccnc1. The summed E-state index contributed by atoms with van der Waals surface area (Å²) in [6.45, 7) is 5.82. The molecule has 0 saturated heterocycles.